The number of amides is 1. The summed E-state index contributed by atoms with van der Waals surface area (Å²) in [5.74, 6) is -0.214. The molecule has 13 heavy (non-hydrogen) atoms. The number of hydrogen-bond donors (Lipinski definition) is 2. The van der Waals surface area contributed by atoms with Crippen LogP contribution in [0.4, 0.5) is 0 Å². The van der Waals surface area contributed by atoms with E-state index in [1.165, 1.54) is 12.8 Å². The number of carbonyl (C=O) groups is 1. The van der Waals surface area contributed by atoms with Crippen LogP contribution in [0.15, 0.2) is 0 Å². The summed E-state index contributed by atoms with van der Waals surface area (Å²) in [6.07, 6.45) is 5.32. The van der Waals surface area contributed by atoms with Crippen LogP contribution >= 0.6 is 0 Å². The van der Waals surface area contributed by atoms with Crippen molar-refractivity contribution in [1.82, 2.24) is 5.48 Å². The smallest absolute Gasteiger partial charge is 0.260 e. The van der Waals surface area contributed by atoms with Gasteiger partial charge in [-0.2, -0.15) is 0 Å². The third kappa shape index (κ3) is 3.32. The van der Waals surface area contributed by atoms with Gasteiger partial charge in [0.2, 0.25) is 0 Å². The molecule has 0 bridgehead atoms. The minimum Gasteiger partial charge on any atom is -0.320 e. The second-order valence-corrected chi connectivity index (χ2v) is 3.51. The number of carbonyl (C=O) groups excluding carboxylic acids is 1. The van der Waals surface area contributed by atoms with Crippen molar-refractivity contribution in [3.8, 4) is 0 Å². The van der Waals surface area contributed by atoms with E-state index in [1.807, 2.05) is 6.92 Å². The summed E-state index contributed by atoms with van der Waals surface area (Å²) in [4.78, 5) is 16.4. The first-order valence-electron chi connectivity index (χ1n) is 4.95. The van der Waals surface area contributed by atoms with Crippen LogP contribution in [0.3, 0.4) is 0 Å². The van der Waals surface area contributed by atoms with Gasteiger partial charge >= 0.3 is 0 Å². The van der Waals surface area contributed by atoms with Crippen LogP contribution < -0.4 is 11.2 Å². The van der Waals surface area contributed by atoms with E-state index in [-0.39, 0.29) is 12.0 Å². The van der Waals surface area contributed by atoms with Crippen molar-refractivity contribution in [2.24, 2.45) is 5.73 Å². The van der Waals surface area contributed by atoms with Gasteiger partial charge in [-0.25, -0.2) is 5.48 Å². The van der Waals surface area contributed by atoms with Gasteiger partial charge in [0, 0.05) is 0 Å². The van der Waals surface area contributed by atoms with Crippen molar-refractivity contribution in [1.29, 1.82) is 0 Å². The van der Waals surface area contributed by atoms with Crippen LogP contribution in [0, 0.1) is 0 Å². The molecule has 1 aliphatic rings. The van der Waals surface area contributed by atoms with Crippen LogP contribution in [0.2, 0.25) is 0 Å². The summed E-state index contributed by atoms with van der Waals surface area (Å²) >= 11 is 0. The number of nitrogens with one attached hydrogen (secondary N) is 1. The highest BCUT2D eigenvalue weighted by Gasteiger charge is 2.18. The molecule has 1 rings (SSSR count). The normalized spacial score (nSPS) is 20.2. The van der Waals surface area contributed by atoms with Gasteiger partial charge in [-0.15, -0.1) is 0 Å². The third-order valence-electron chi connectivity index (χ3n) is 2.40. The molecule has 0 heterocycles. The minimum absolute atomic E-state index is 0.202. The molecular weight excluding hydrogens is 168 g/mol. The fourth-order valence-electron chi connectivity index (χ4n) is 1.41. The SMILES string of the molecule is CC[C@H](N)C(=O)NOC1CCCC1. The van der Waals surface area contributed by atoms with Crippen molar-refractivity contribution in [2.75, 3.05) is 0 Å². The molecule has 1 fully saturated rings. The van der Waals surface area contributed by atoms with Crippen LogP contribution in [-0.4, -0.2) is 18.1 Å². The lowest BCUT2D eigenvalue weighted by atomic mass is 10.2. The summed E-state index contributed by atoms with van der Waals surface area (Å²) in [7, 11) is 0. The molecule has 0 radical (unpaired) electrons. The first-order chi connectivity index (χ1) is 6.24. The maximum absolute atomic E-state index is 11.2. The molecule has 4 nitrogen and oxygen atoms in total. The zero-order chi connectivity index (χ0) is 9.68. The van der Waals surface area contributed by atoms with Crippen molar-refractivity contribution < 1.29 is 9.63 Å². The van der Waals surface area contributed by atoms with E-state index in [4.69, 9.17) is 10.6 Å². The number of hydrogen-bond acceptors (Lipinski definition) is 3. The lowest BCUT2D eigenvalue weighted by Crippen LogP contribution is -2.41. The third-order valence-corrected chi connectivity index (χ3v) is 2.40. The summed E-state index contributed by atoms with van der Waals surface area (Å²) in [6, 6.07) is -0.443. The fourth-order valence-corrected chi connectivity index (χ4v) is 1.41. The van der Waals surface area contributed by atoms with Gasteiger partial charge < -0.3 is 5.73 Å². The molecule has 4 heteroatoms. The Morgan fingerprint density at radius 3 is 2.77 bits per heavy atom. The molecule has 1 atom stereocenters. The number of rotatable bonds is 4. The fraction of sp³-hybridized carbons (Fsp3) is 0.889. The van der Waals surface area contributed by atoms with Gasteiger partial charge in [-0.1, -0.05) is 19.8 Å². The van der Waals surface area contributed by atoms with Crippen LogP contribution in [0.1, 0.15) is 39.0 Å². The lowest BCUT2D eigenvalue weighted by Gasteiger charge is -2.13. The molecule has 76 valence electrons. The highest BCUT2D eigenvalue weighted by Crippen LogP contribution is 2.19. The van der Waals surface area contributed by atoms with Gasteiger partial charge in [-0.05, 0) is 19.3 Å². The Balaban J connectivity index is 2.13. The van der Waals surface area contributed by atoms with Crippen molar-refractivity contribution in [3.05, 3.63) is 0 Å². The first-order valence-corrected chi connectivity index (χ1v) is 4.95. The quantitative estimate of drug-likeness (QED) is 0.636. The maximum atomic E-state index is 11.2. The monoisotopic (exact) mass is 186 g/mol. The standard InChI is InChI=1S/C9H18N2O2/c1-2-8(10)9(12)11-13-7-5-3-4-6-7/h7-8H,2-6,10H2,1H3,(H,11,12)/t8-/m0/s1. The molecule has 0 saturated heterocycles. The molecule has 0 aromatic heterocycles. The summed E-state index contributed by atoms with van der Waals surface area (Å²) in [5.41, 5.74) is 7.92. The Labute approximate surface area is 78.8 Å². The molecule has 1 amide bonds. The van der Waals surface area contributed by atoms with E-state index >= 15 is 0 Å². The van der Waals surface area contributed by atoms with E-state index in [0.29, 0.717) is 6.42 Å². The number of nitrogens with two attached hydrogens (primary N) is 1. The Bertz CT molecular complexity index is 167. The second-order valence-electron chi connectivity index (χ2n) is 3.51. The molecule has 0 spiro atoms. The molecule has 0 unspecified atom stereocenters. The molecule has 0 aliphatic heterocycles. The summed E-state index contributed by atoms with van der Waals surface area (Å²) in [6.45, 7) is 1.87. The zero-order valence-electron chi connectivity index (χ0n) is 8.08. The molecule has 3 N–H and O–H groups in total. The highest BCUT2D eigenvalue weighted by atomic mass is 16.7. The van der Waals surface area contributed by atoms with E-state index in [2.05, 4.69) is 5.48 Å². The average molecular weight is 186 g/mol. The lowest BCUT2D eigenvalue weighted by molar-refractivity contribution is -0.139. The van der Waals surface area contributed by atoms with Crippen molar-refractivity contribution >= 4 is 5.91 Å². The molecule has 0 aromatic rings. The predicted molar refractivity (Wildman–Crippen MR) is 49.8 cm³/mol. The molecular formula is C9H18N2O2. The zero-order valence-corrected chi connectivity index (χ0v) is 8.08. The Morgan fingerprint density at radius 2 is 2.23 bits per heavy atom. The van der Waals surface area contributed by atoms with Gasteiger partial charge in [0.1, 0.15) is 0 Å². The second kappa shape index (κ2) is 5.19. The van der Waals surface area contributed by atoms with Gasteiger partial charge in [0.25, 0.3) is 5.91 Å². The van der Waals surface area contributed by atoms with E-state index in [9.17, 15) is 4.79 Å². The van der Waals surface area contributed by atoms with Crippen LogP contribution in [-0.2, 0) is 9.63 Å². The van der Waals surface area contributed by atoms with E-state index in [1.54, 1.807) is 0 Å². The first kappa shape index (κ1) is 10.5. The molecule has 0 aromatic carbocycles. The van der Waals surface area contributed by atoms with E-state index < -0.39 is 6.04 Å². The predicted octanol–water partition coefficient (Wildman–Crippen LogP) is 0.714. The molecule has 1 aliphatic carbocycles. The van der Waals surface area contributed by atoms with Crippen LogP contribution in [0.5, 0.6) is 0 Å². The Morgan fingerprint density at radius 1 is 1.62 bits per heavy atom. The Kier molecular flexibility index (Phi) is 4.18. The van der Waals surface area contributed by atoms with E-state index in [0.717, 1.165) is 12.8 Å². The van der Waals surface area contributed by atoms with Crippen molar-refractivity contribution in [2.45, 2.75) is 51.2 Å². The van der Waals surface area contributed by atoms with Gasteiger partial charge in [0.15, 0.2) is 0 Å². The molecule has 1 saturated carbocycles. The average Bonchev–Trinajstić information content (AvgIpc) is 2.65. The largest absolute Gasteiger partial charge is 0.320 e. The Hall–Kier alpha value is -0.610. The minimum atomic E-state index is -0.443. The summed E-state index contributed by atoms with van der Waals surface area (Å²) < 4.78 is 0. The maximum Gasteiger partial charge on any atom is 0.260 e. The van der Waals surface area contributed by atoms with Crippen molar-refractivity contribution in [3.63, 3.8) is 0 Å². The van der Waals surface area contributed by atoms with Crippen LogP contribution in [0.25, 0.3) is 0 Å². The topological polar surface area (TPSA) is 64.4 Å². The van der Waals surface area contributed by atoms with Gasteiger partial charge in [-0.3, -0.25) is 9.63 Å². The summed E-state index contributed by atoms with van der Waals surface area (Å²) in [5, 5.41) is 0. The van der Waals surface area contributed by atoms with Gasteiger partial charge in [0.05, 0.1) is 12.1 Å². The number of hydroxylamine groups is 1. The highest BCUT2D eigenvalue weighted by molar-refractivity contribution is 5.80.